The van der Waals surface area contributed by atoms with Gasteiger partial charge in [0, 0.05) is 20.0 Å². The third-order valence-electron chi connectivity index (χ3n) is 2.97. The number of aromatic nitrogens is 2. The van der Waals surface area contributed by atoms with Crippen LogP contribution in [0.4, 0.5) is 0 Å². The van der Waals surface area contributed by atoms with Crippen molar-refractivity contribution in [3.63, 3.8) is 0 Å². The molecule has 112 valence electrons. The first-order valence-electron chi connectivity index (χ1n) is 6.45. The summed E-state index contributed by atoms with van der Waals surface area (Å²) in [6, 6.07) is 9.61. The minimum Gasteiger partial charge on any atom is -0.345 e. The van der Waals surface area contributed by atoms with Gasteiger partial charge in [-0.1, -0.05) is 58.7 Å². The van der Waals surface area contributed by atoms with Crippen molar-refractivity contribution in [1.82, 2.24) is 15.0 Å². The zero-order chi connectivity index (χ0) is 15.2. The van der Waals surface area contributed by atoms with E-state index in [0.29, 0.717) is 25.2 Å². The predicted molar refractivity (Wildman–Crippen MR) is 80.2 cm³/mol. The molecule has 5 nitrogen and oxygen atoms in total. The molecule has 0 N–H and O–H groups in total. The van der Waals surface area contributed by atoms with Gasteiger partial charge < -0.3 is 9.42 Å². The zero-order valence-corrected chi connectivity index (χ0v) is 13.0. The Morgan fingerprint density at radius 2 is 2.05 bits per heavy atom. The maximum Gasteiger partial charge on any atom is 0.259 e. The van der Waals surface area contributed by atoms with Crippen LogP contribution < -0.4 is 0 Å². The molecule has 2 rings (SSSR count). The Bertz CT molecular complexity index is 587. The third-order valence-corrected chi connectivity index (χ3v) is 3.34. The molecule has 21 heavy (non-hydrogen) atoms. The lowest BCUT2D eigenvalue weighted by molar-refractivity contribution is -0.129. The van der Waals surface area contributed by atoms with Gasteiger partial charge in [0.1, 0.15) is 0 Å². The van der Waals surface area contributed by atoms with Gasteiger partial charge in [-0.25, -0.2) is 0 Å². The minimum absolute atomic E-state index is 0.0393. The fourth-order valence-electron chi connectivity index (χ4n) is 1.76. The fraction of sp³-hybridized carbons (Fsp3) is 0.357. The Morgan fingerprint density at radius 1 is 1.33 bits per heavy atom. The molecular formula is C14H15Cl2N3O2. The van der Waals surface area contributed by atoms with Crippen LogP contribution in [0, 0.1) is 0 Å². The molecule has 0 aliphatic rings. The molecule has 1 aromatic carbocycles. The summed E-state index contributed by atoms with van der Waals surface area (Å²) in [5, 5.41) is 3.76. The van der Waals surface area contributed by atoms with Crippen LogP contribution in [0.2, 0.25) is 0 Å². The average molecular weight is 328 g/mol. The molecule has 0 saturated carbocycles. The molecule has 0 spiro atoms. The van der Waals surface area contributed by atoms with Crippen LogP contribution in [0.1, 0.15) is 22.1 Å². The normalized spacial score (nSPS) is 10.9. The quantitative estimate of drug-likeness (QED) is 0.765. The number of hydrogen-bond donors (Lipinski definition) is 0. The summed E-state index contributed by atoms with van der Waals surface area (Å²) in [5.41, 5.74) is 0.989. The lowest BCUT2D eigenvalue weighted by atomic mass is 10.1. The molecule has 0 radical (unpaired) electrons. The van der Waals surface area contributed by atoms with Gasteiger partial charge >= 0.3 is 0 Å². The summed E-state index contributed by atoms with van der Waals surface area (Å²) in [7, 11) is 1.75. The van der Waals surface area contributed by atoms with E-state index in [4.69, 9.17) is 27.7 Å². The Kier molecular flexibility index (Phi) is 5.59. The van der Waals surface area contributed by atoms with Crippen molar-refractivity contribution < 1.29 is 9.32 Å². The van der Waals surface area contributed by atoms with Crippen LogP contribution in [0.25, 0.3) is 0 Å². The number of rotatable bonds is 6. The highest BCUT2D eigenvalue weighted by atomic mass is 35.5. The number of hydrogen-bond acceptors (Lipinski definition) is 4. The lowest BCUT2D eigenvalue weighted by Crippen LogP contribution is -2.30. The smallest absolute Gasteiger partial charge is 0.259 e. The molecule has 0 saturated heterocycles. The first-order chi connectivity index (χ1) is 10.1. The van der Waals surface area contributed by atoms with E-state index >= 15 is 0 Å². The van der Waals surface area contributed by atoms with Crippen LogP contribution in [0.5, 0.6) is 0 Å². The number of carbonyl (C=O) groups is 1. The van der Waals surface area contributed by atoms with E-state index in [1.54, 1.807) is 11.9 Å². The maximum absolute atomic E-state index is 12.1. The molecule has 0 fully saturated rings. The van der Waals surface area contributed by atoms with Gasteiger partial charge in [0.25, 0.3) is 5.89 Å². The van der Waals surface area contributed by atoms with Crippen LogP contribution >= 0.6 is 23.2 Å². The second kappa shape index (κ2) is 7.43. The highest BCUT2D eigenvalue weighted by Gasteiger charge is 2.15. The van der Waals surface area contributed by atoms with E-state index in [0.717, 1.165) is 5.56 Å². The number of alkyl halides is 2. The van der Waals surface area contributed by atoms with Crippen molar-refractivity contribution in [3.8, 4) is 0 Å². The molecular weight excluding hydrogens is 313 g/mol. The summed E-state index contributed by atoms with van der Waals surface area (Å²) in [4.78, 5) is 16.9. The van der Waals surface area contributed by atoms with Crippen LogP contribution in [0.15, 0.2) is 34.9 Å². The molecule has 0 aliphatic carbocycles. The van der Waals surface area contributed by atoms with E-state index in [-0.39, 0.29) is 11.8 Å². The van der Waals surface area contributed by atoms with E-state index < -0.39 is 4.84 Å². The van der Waals surface area contributed by atoms with Gasteiger partial charge in [0.15, 0.2) is 10.7 Å². The number of likely N-dealkylation sites (N-methyl/N-ethyl adjacent to an activating group) is 1. The Balaban J connectivity index is 1.83. The van der Waals surface area contributed by atoms with Crippen molar-refractivity contribution in [2.75, 3.05) is 13.6 Å². The largest absolute Gasteiger partial charge is 0.345 e. The summed E-state index contributed by atoms with van der Waals surface area (Å²) < 4.78 is 4.89. The van der Waals surface area contributed by atoms with Gasteiger partial charge in [0.2, 0.25) is 5.91 Å². The first-order valence-corrected chi connectivity index (χ1v) is 7.32. The van der Waals surface area contributed by atoms with Crippen molar-refractivity contribution >= 4 is 29.1 Å². The number of carbonyl (C=O) groups excluding carboxylic acids is 1. The first kappa shape index (κ1) is 15.8. The minimum atomic E-state index is -0.830. The SMILES string of the molecule is CN(CCc1noc(C(Cl)Cl)n1)C(=O)Cc1ccccc1. The Labute approximate surface area is 132 Å². The monoisotopic (exact) mass is 327 g/mol. The van der Waals surface area contributed by atoms with Crippen molar-refractivity contribution in [1.29, 1.82) is 0 Å². The zero-order valence-electron chi connectivity index (χ0n) is 11.5. The number of amides is 1. The van der Waals surface area contributed by atoms with Crippen molar-refractivity contribution in [3.05, 3.63) is 47.6 Å². The Hall–Kier alpha value is -1.59. The molecule has 0 bridgehead atoms. The third kappa shape index (κ3) is 4.72. The summed E-state index contributed by atoms with van der Waals surface area (Å²) >= 11 is 11.2. The van der Waals surface area contributed by atoms with Gasteiger partial charge in [-0.05, 0) is 5.56 Å². The van der Waals surface area contributed by atoms with Crippen LogP contribution in [-0.4, -0.2) is 34.5 Å². The van der Waals surface area contributed by atoms with Gasteiger partial charge in [-0.2, -0.15) is 4.98 Å². The number of halogens is 2. The second-order valence-corrected chi connectivity index (χ2v) is 5.67. The highest BCUT2D eigenvalue weighted by Crippen LogP contribution is 2.22. The van der Waals surface area contributed by atoms with Gasteiger partial charge in [-0.15, -0.1) is 0 Å². The topological polar surface area (TPSA) is 59.2 Å². The molecule has 1 heterocycles. The molecule has 0 aliphatic heterocycles. The maximum atomic E-state index is 12.1. The standard InChI is InChI=1S/C14H15Cl2N3O2/c1-19(12(20)9-10-5-3-2-4-6-10)8-7-11-17-14(13(15)16)21-18-11/h2-6,13H,7-9H2,1H3. The molecule has 1 amide bonds. The van der Waals surface area contributed by atoms with Gasteiger partial charge in [-0.3, -0.25) is 4.79 Å². The number of nitrogens with zero attached hydrogens (tertiary/aromatic N) is 3. The van der Waals surface area contributed by atoms with E-state index in [1.807, 2.05) is 30.3 Å². The van der Waals surface area contributed by atoms with Gasteiger partial charge in [0.05, 0.1) is 6.42 Å². The molecule has 2 aromatic rings. The van der Waals surface area contributed by atoms with Crippen molar-refractivity contribution in [2.24, 2.45) is 0 Å². The highest BCUT2D eigenvalue weighted by molar-refractivity contribution is 6.43. The van der Waals surface area contributed by atoms with E-state index in [9.17, 15) is 4.79 Å². The van der Waals surface area contributed by atoms with Crippen LogP contribution in [-0.2, 0) is 17.6 Å². The lowest BCUT2D eigenvalue weighted by Gasteiger charge is -2.16. The molecule has 0 atom stereocenters. The summed E-state index contributed by atoms with van der Waals surface area (Å²) in [6.07, 6.45) is 0.862. The second-order valence-electron chi connectivity index (χ2n) is 4.58. The van der Waals surface area contributed by atoms with E-state index in [1.165, 1.54) is 0 Å². The number of benzene rings is 1. The average Bonchev–Trinajstić information content (AvgIpc) is 2.95. The van der Waals surface area contributed by atoms with Crippen LogP contribution in [0.3, 0.4) is 0 Å². The molecule has 7 heteroatoms. The van der Waals surface area contributed by atoms with Crippen molar-refractivity contribution in [2.45, 2.75) is 17.7 Å². The van der Waals surface area contributed by atoms with E-state index in [2.05, 4.69) is 10.1 Å². The fourth-order valence-corrected chi connectivity index (χ4v) is 1.93. The Morgan fingerprint density at radius 3 is 2.67 bits per heavy atom. The molecule has 1 aromatic heterocycles. The predicted octanol–water partition coefficient (Wildman–Crippen LogP) is 2.79. The molecule has 0 unspecified atom stereocenters. The summed E-state index contributed by atoms with van der Waals surface area (Å²) in [5.74, 6) is 0.694. The summed E-state index contributed by atoms with van der Waals surface area (Å²) in [6.45, 7) is 0.500.